The largest absolute Gasteiger partial charge is 0.331 e. The van der Waals surface area contributed by atoms with Crippen LogP contribution in [-0.4, -0.2) is 19.4 Å². The Morgan fingerprint density at radius 3 is 2.23 bits per heavy atom. The number of anilines is 1. The number of benzene rings is 2. The standard InChI is InChI=1S/C17H20N4O3S2/c1-2-15(12-6-4-3-5-7-12)16(22)20-21-17(25)19-13-8-10-14(11-9-13)26(18,23)24/h3-11,15H,2H2,1H3,(H,20,22)(H2,18,23,24)(H2,19,21,25)/t15-/m0/s1. The quantitative estimate of drug-likeness (QED) is 0.456. The van der Waals surface area contributed by atoms with E-state index in [9.17, 15) is 13.2 Å². The van der Waals surface area contributed by atoms with E-state index in [2.05, 4.69) is 16.2 Å². The zero-order valence-electron chi connectivity index (χ0n) is 14.1. The number of nitrogens with one attached hydrogen (secondary N) is 3. The van der Waals surface area contributed by atoms with E-state index in [0.717, 1.165) is 5.56 Å². The van der Waals surface area contributed by atoms with Gasteiger partial charge in [0, 0.05) is 5.69 Å². The van der Waals surface area contributed by atoms with E-state index < -0.39 is 10.0 Å². The molecule has 0 spiro atoms. The third kappa shape index (κ3) is 5.51. The first-order valence-electron chi connectivity index (χ1n) is 7.86. The van der Waals surface area contributed by atoms with Crippen molar-refractivity contribution in [3.63, 3.8) is 0 Å². The molecule has 2 aromatic carbocycles. The molecule has 2 rings (SSSR count). The van der Waals surface area contributed by atoms with Crippen LogP contribution in [0, 0.1) is 0 Å². The van der Waals surface area contributed by atoms with Crippen molar-refractivity contribution in [1.82, 2.24) is 10.9 Å². The van der Waals surface area contributed by atoms with Crippen molar-refractivity contribution < 1.29 is 13.2 Å². The van der Waals surface area contributed by atoms with Crippen LogP contribution in [0.3, 0.4) is 0 Å². The Hall–Kier alpha value is -2.49. The smallest absolute Gasteiger partial charge is 0.245 e. The number of thiocarbonyl (C=S) groups is 1. The molecule has 2 aromatic rings. The predicted molar refractivity (Wildman–Crippen MR) is 105 cm³/mol. The van der Waals surface area contributed by atoms with Crippen LogP contribution >= 0.6 is 12.2 Å². The monoisotopic (exact) mass is 392 g/mol. The van der Waals surface area contributed by atoms with Crippen LogP contribution in [0.2, 0.25) is 0 Å². The van der Waals surface area contributed by atoms with E-state index in [1.807, 2.05) is 37.3 Å². The maximum absolute atomic E-state index is 12.3. The summed E-state index contributed by atoms with van der Waals surface area (Å²) >= 11 is 5.12. The molecule has 0 fully saturated rings. The van der Waals surface area contributed by atoms with Crippen LogP contribution in [0.4, 0.5) is 5.69 Å². The number of amides is 1. The summed E-state index contributed by atoms with van der Waals surface area (Å²) in [6, 6.07) is 15.2. The third-order valence-electron chi connectivity index (χ3n) is 3.67. The molecule has 26 heavy (non-hydrogen) atoms. The van der Waals surface area contributed by atoms with Gasteiger partial charge < -0.3 is 5.32 Å². The fourth-order valence-electron chi connectivity index (χ4n) is 2.35. The lowest BCUT2D eigenvalue weighted by Gasteiger charge is -2.17. The molecule has 0 saturated heterocycles. The molecule has 0 radical (unpaired) electrons. The second-order valence-corrected chi connectivity index (χ2v) is 7.48. The Bertz CT molecular complexity index is 869. The predicted octanol–water partition coefficient (Wildman–Crippen LogP) is 1.85. The Labute approximate surface area is 158 Å². The van der Waals surface area contributed by atoms with Gasteiger partial charge in [-0.2, -0.15) is 0 Å². The Morgan fingerprint density at radius 1 is 1.08 bits per heavy atom. The van der Waals surface area contributed by atoms with Crippen LogP contribution in [0.1, 0.15) is 24.8 Å². The van der Waals surface area contributed by atoms with Crippen LogP contribution in [0.5, 0.6) is 0 Å². The minimum atomic E-state index is -3.74. The summed E-state index contributed by atoms with van der Waals surface area (Å²) in [7, 11) is -3.74. The van der Waals surface area contributed by atoms with Gasteiger partial charge >= 0.3 is 0 Å². The Kier molecular flexibility index (Phi) is 6.67. The molecule has 0 aromatic heterocycles. The average molecular weight is 393 g/mol. The maximum atomic E-state index is 12.3. The van der Waals surface area contributed by atoms with Gasteiger partial charge in [0.15, 0.2) is 5.11 Å². The van der Waals surface area contributed by atoms with Gasteiger partial charge in [-0.3, -0.25) is 15.6 Å². The number of hydrazine groups is 1. The summed E-state index contributed by atoms with van der Waals surface area (Å²) < 4.78 is 22.4. The molecular weight excluding hydrogens is 372 g/mol. The first-order chi connectivity index (χ1) is 12.3. The highest BCUT2D eigenvalue weighted by molar-refractivity contribution is 7.89. The van der Waals surface area contributed by atoms with Gasteiger partial charge in [0.2, 0.25) is 15.9 Å². The van der Waals surface area contributed by atoms with Gasteiger partial charge in [-0.05, 0) is 48.5 Å². The average Bonchev–Trinajstić information content (AvgIpc) is 2.61. The van der Waals surface area contributed by atoms with Crippen molar-refractivity contribution in [2.75, 3.05) is 5.32 Å². The molecule has 5 N–H and O–H groups in total. The number of carbonyl (C=O) groups is 1. The lowest BCUT2D eigenvalue weighted by Crippen LogP contribution is -2.45. The number of hydrogen-bond acceptors (Lipinski definition) is 4. The highest BCUT2D eigenvalue weighted by Gasteiger charge is 2.18. The summed E-state index contributed by atoms with van der Waals surface area (Å²) in [5.41, 5.74) is 6.70. The summed E-state index contributed by atoms with van der Waals surface area (Å²) in [6.07, 6.45) is 0.646. The van der Waals surface area contributed by atoms with E-state index in [4.69, 9.17) is 17.4 Å². The molecule has 0 aliphatic heterocycles. The zero-order valence-corrected chi connectivity index (χ0v) is 15.7. The second kappa shape index (κ2) is 8.75. The topological polar surface area (TPSA) is 113 Å². The number of rotatable bonds is 5. The minimum Gasteiger partial charge on any atom is -0.331 e. The minimum absolute atomic E-state index is 0.00359. The van der Waals surface area contributed by atoms with Gasteiger partial charge in [0.25, 0.3) is 0 Å². The Morgan fingerprint density at radius 2 is 1.69 bits per heavy atom. The lowest BCUT2D eigenvalue weighted by molar-refractivity contribution is -0.123. The molecular formula is C17H20N4O3S2. The van der Waals surface area contributed by atoms with Crippen LogP contribution in [0.25, 0.3) is 0 Å². The van der Waals surface area contributed by atoms with Crippen molar-refractivity contribution in [3.8, 4) is 0 Å². The number of carbonyl (C=O) groups excluding carboxylic acids is 1. The second-order valence-electron chi connectivity index (χ2n) is 5.51. The number of nitrogens with two attached hydrogens (primary N) is 1. The maximum Gasteiger partial charge on any atom is 0.245 e. The van der Waals surface area contributed by atoms with Crippen LogP contribution < -0.4 is 21.3 Å². The van der Waals surface area contributed by atoms with Crippen LogP contribution in [-0.2, 0) is 14.8 Å². The van der Waals surface area contributed by atoms with Crippen molar-refractivity contribution >= 4 is 38.9 Å². The fraction of sp³-hybridized carbons (Fsp3) is 0.176. The molecule has 0 aliphatic carbocycles. The van der Waals surface area contributed by atoms with E-state index in [1.165, 1.54) is 24.3 Å². The van der Waals surface area contributed by atoms with Gasteiger partial charge in [-0.25, -0.2) is 13.6 Å². The molecule has 0 heterocycles. The lowest BCUT2D eigenvalue weighted by atomic mass is 9.96. The summed E-state index contributed by atoms with van der Waals surface area (Å²) in [5, 5.41) is 8.06. The van der Waals surface area contributed by atoms with Crippen molar-refractivity contribution in [3.05, 3.63) is 60.2 Å². The SMILES string of the molecule is CC[C@H](C(=O)NNC(=S)Nc1ccc(S(N)(=O)=O)cc1)c1ccccc1. The molecule has 0 unspecified atom stereocenters. The Balaban J connectivity index is 1.91. The number of hydrogen-bond donors (Lipinski definition) is 4. The molecule has 0 bridgehead atoms. The van der Waals surface area contributed by atoms with Gasteiger partial charge in [-0.15, -0.1) is 0 Å². The van der Waals surface area contributed by atoms with E-state index in [-0.39, 0.29) is 21.8 Å². The first-order valence-corrected chi connectivity index (χ1v) is 9.81. The molecule has 9 heteroatoms. The zero-order chi connectivity index (χ0) is 19.2. The fourth-order valence-corrected chi connectivity index (χ4v) is 3.04. The van der Waals surface area contributed by atoms with Crippen LogP contribution in [0.15, 0.2) is 59.5 Å². The molecule has 0 aliphatic rings. The van der Waals surface area contributed by atoms with E-state index in [1.54, 1.807) is 0 Å². The van der Waals surface area contributed by atoms with E-state index >= 15 is 0 Å². The van der Waals surface area contributed by atoms with Gasteiger partial charge in [-0.1, -0.05) is 37.3 Å². The molecule has 1 atom stereocenters. The summed E-state index contributed by atoms with van der Waals surface area (Å²) in [5.74, 6) is -0.493. The summed E-state index contributed by atoms with van der Waals surface area (Å²) in [6.45, 7) is 1.93. The molecule has 7 nitrogen and oxygen atoms in total. The summed E-state index contributed by atoms with van der Waals surface area (Å²) in [4.78, 5) is 12.3. The normalized spacial score (nSPS) is 12.1. The number of primary sulfonamides is 1. The molecule has 0 saturated carbocycles. The molecule has 138 valence electrons. The third-order valence-corrected chi connectivity index (χ3v) is 4.80. The highest BCUT2D eigenvalue weighted by atomic mass is 32.2. The van der Waals surface area contributed by atoms with Crippen molar-refractivity contribution in [1.29, 1.82) is 0 Å². The highest BCUT2D eigenvalue weighted by Crippen LogP contribution is 2.18. The van der Waals surface area contributed by atoms with Crippen molar-refractivity contribution in [2.45, 2.75) is 24.2 Å². The van der Waals surface area contributed by atoms with Gasteiger partial charge in [0.05, 0.1) is 10.8 Å². The van der Waals surface area contributed by atoms with Gasteiger partial charge in [0.1, 0.15) is 0 Å². The molecule has 1 amide bonds. The first kappa shape index (κ1) is 19.8. The van der Waals surface area contributed by atoms with E-state index in [0.29, 0.717) is 12.1 Å². The van der Waals surface area contributed by atoms with Crippen molar-refractivity contribution in [2.24, 2.45) is 5.14 Å². The number of sulfonamides is 1.